The summed E-state index contributed by atoms with van der Waals surface area (Å²) in [6.45, 7) is 2.38. The highest BCUT2D eigenvalue weighted by atomic mass is 79.9. The predicted octanol–water partition coefficient (Wildman–Crippen LogP) is 4.34. The number of hydrogen-bond acceptors (Lipinski definition) is 3. The average molecular weight is 339 g/mol. The van der Waals surface area contributed by atoms with E-state index in [9.17, 15) is 4.79 Å². The SMILES string of the molecule is CC(OCCc1cccs1)C(=O)c1ccc(Br)cc1. The van der Waals surface area contributed by atoms with E-state index in [0.717, 1.165) is 10.9 Å². The lowest BCUT2D eigenvalue weighted by Gasteiger charge is -2.11. The third kappa shape index (κ3) is 4.27. The Labute approximate surface area is 125 Å². The van der Waals surface area contributed by atoms with Gasteiger partial charge in [0, 0.05) is 21.3 Å². The highest BCUT2D eigenvalue weighted by Crippen LogP contribution is 2.14. The van der Waals surface area contributed by atoms with Crippen molar-refractivity contribution in [1.29, 1.82) is 0 Å². The van der Waals surface area contributed by atoms with Crippen LogP contribution in [0.4, 0.5) is 0 Å². The number of benzene rings is 1. The van der Waals surface area contributed by atoms with Crippen LogP contribution in [0.15, 0.2) is 46.3 Å². The number of hydrogen-bond donors (Lipinski definition) is 0. The zero-order valence-corrected chi connectivity index (χ0v) is 13.0. The number of carbonyl (C=O) groups is 1. The first kappa shape index (κ1) is 14.4. The van der Waals surface area contributed by atoms with Crippen LogP contribution >= 0.6 is 27.3 Å². The van der Waals surface area contributed by atoms with Crippen molar-refractivity contribution in [2.24, 2.45) is 0 Å². The maximum atomic E-state index is 12.1. The summed E-state index contributed by atoms with van der Waals surface area (Å²) in [7, 11) is 0. The Morgan fingerprint density at radius 3 is 2.68 bits per heavy atom. The Morgan fingerprint density at radius 1 is 1.32 bits per heavy atom. The molecule has 0 bridgehead atoms. The van der Waals surface area contributed by atoms with Crippen molar-refractivity contribution in [1.82, 2.24) is 0 Å². The number of rotatable bonds is 6. The van der Waals surface area contributed by atoms with Gasteiger partial charge in [0.25, 0.3) is 0 Å². The van der Waals surface area contributed by atoms with Gasteiger partial charge in [-0.05, 0) is 30.5 Å². The van der Waals surface area contributed by atoms with Crippen LogP contribution in [0, 0.1) is 0 Å². The fourth-order valence-corrected chi connectivity index (χ4v) is 2.67. The molecule has 0 amide bonds. The van der Waals surface area contributed by atoms with Crippen LogP contribution in [0.1, 0.15) is 22.2 Å². The van der Waals surface area contributed by atoms with Gasteiger partial charge < -0.3 is 4.74 Å². The Morgan fingerprint density at radius 2 is 2.05 bits per heavy atom. The highest BCUT2D eigenvalue weighted by Gasteiger charge is 2.15. The van der Waals surface area contributed by atoms with Crippen LogP contribution in [-0.2, 0) is 11.2 Å². The normalized spacial score (nSPS) is 12.3. The van der Waals surface area contributed by atoms with E-state index in [1.165, 1.54) is 4.88 Å². The van der Waals surface area contributed by atoms with E-state index in [0.29, 0.717) is 12.2 Å². The van der Waals surface area contributed by atoms with E-state index in [2.05, 4.69) is 22.0 Å². The number of ketones is 1. The quantitative estimate of drug-likeness (QED) is 0.732. The Hall–Kier alpha value is -0.970. The second-order valence-corrected chi connectivity index (χ2v) is 6.16. The zero-order chi connectivity index (χ0) is 13.7. The van der Waals surface area contributed by atoms with Gasteiger partial charge in [-0.25, -0.2) is 0 Å². The van der Waals surface area contributed by atoms with Crippen molar-refractivity contribution in [2.75, 3.05) is 6.61 Å². The van der Waals surface area contributed by atoms with Gasteiger partial charge >= 0.3 is 0 Å². The van der Waals surface area contributed by atoms with Gasteiger partial charge in [0.05, 0.1) is 6.61 Å². The van der Waals surface area contributed by atoms with Gasteiger partial charge in [-0.3, -0.25) is 4.79 Å². The number of thiophene rings is 1. The van der Waals surface area contributed by atoms with E-state index < -0.39 is 6.10 Å². The van der Waals surface area contributed by atoms with E-state index in [1.807, 2.05) is 35.7 Å². The summed E-state index contributed by atoms with van der Waals surface area (Å²) >= 11 is 5.07. The molecule has 0 aliphatic heterocycles. The lowest BCUT2D eigenvalue weighted by molar-refractivity contribution is 0.0488. The third-order valence-corrected chi connectivity index (χ3v) is 4.26. The van der Waals surface area contributed by atoms with E-state index >= 15 is 0 Å². The molecule has 1 unspecified atom stereocenters. The van der Waals surface area contributed by atoms with Crippen molar-refractivity contribution in [3.63, 3.8) is 0 Å². The summed E-state index contributed by atoms with van der Waals surface area (Å²) < 4.78 is 6.58. The van der Waals surface area contributed by atoms with Gasteiger partial charge in [-0.15, -0.1) is 11.3 Å². The molecule has 0 aliphatic carbocycles. The maximum Gasteiger partial charge on any atom is 0.191 e. The van der Waals surface area contributed by atoms with Crippen LogP contribution in [-0.4, -0.2) is 18.5 Å². The molecule has 0 radical (unpaired) electrons. The van der Waals surface area contributed by atoms with Gasteiger partial charge in [0.2, 0.25) is 0 Å². The molecule has 1 heterocycles. The largest absolute Gasteiger partial charge is 0.370 e. The lowest BCUT2D eigenvalue weighted by Crippen LogP contribution is -2.21. The molecule has 19 heavy (non-hydrogen) atoms. The molecule has 2 nitrogen and oxygen atoms in total. The van der Waals surface area contributed by atoms with Crippen LogP contribution in [0.3, 0.4) is 0 Å². The average Bonchev–Trinajstić information content (AvgIpc) is 2.92. The summed E-state index contributed by atoms with van der Waals surface area (Å²) in [6.07, 6.45) is 0.455. The number of Topliss-reactive ketones (excluding diaryl/α,β-unsaturated/α-hetero) is 1. The molecule has 2 rings (SSSR count). The third-order valence-electron chi connectivity index (χ3n) is 2.79. The molecule has 0 spiro atoms. The second-order valence-electron chi connectivity index (χ2n) is 4.21. The van der Waals surface area contributed by atoms with E-state index in [4.69, 9.17) is 4.74 Å². The lowest BCUT2D eigenvalue weighted by atomic mass is 10.1. The molecule has 0 N–H and O–H groups in total. The first-order chi connectivity index (χ1) is 9.16. The van der Waals surface area contributed by atoms with E-state index in [-0.39, 0.29) is 5.78 Å². The van der Waals surface area contributed by atoms with Gasteiger partial charge in [0.1, 0.15) is 6.10 Å². The highest BCUT2D eigenvalue weighted by molar-refractivity contribution is 9.10. The molecule has 1 atom stereocenters. The Balaban J connectivity index is 1.83. The minimum absolute atomic E-state index is 0.0266. The Kier molecular flexibility index (Phi) is 5.31. The van der Waals surface area contributed by atoms with Crippen molar-refractivity contribution in [2.45, 2.75) is 19.4 Å². The van der Waals surface area contributed by atoms with Crippen molar-refractivity contribution >= 4 is 33.0 Å². The van der Waals surface area contributed by atoms with E-state index in [1.54, 1.807) is 18.3 Å². The molecular weight excluding hydrogens is 324 g/mol. The van der Waals surface area contributed by atoms with Gasteiger partial charge in [0.15, 0.2) is 5.78 Å². The Bertz CT molecular complexity index is 520. The number of halogens is 1. The first-order valence-corrected chi connectivity index (χ1v) is 7.78. The van der Waals surface area contributed by atoms with Crippen molar-refractivity contribution in [3.05, 3.63) is 56.7 Å². The molecule has 1 aromatic heterocycles. The summed E-state index contributed by atoms with van der Waals surface area (Å²) in [4.78, 5) is 13.4. The van der Waals surface area contributed by atoms with Crippen molar-refractivity contribution < 1.29 is 9.53 Å². The summed E-state index contributed by atoms with van der Waals surface area (Å²) in [5.74, 6) is 0.0266. The number of carbonyl (C=O) groups excluding carboxylic acids is 1. The van der Waals surface area contributed by atoms with Crippen LogP contribution < -0.4 is 0 Å². The molecule has 4 heteroatoms. The molecule has 0 saturated carbocycles. The van der Waals surface area contributed by atoms with Gasteiger partial charge in [-0.1, -0.05) is 34.1 Å². The molecule has 2 aromatic rings. The predicted molar refractivity (Wildman–Crippen MR) is 81.9 cm³/mol. The minimum Gasteiger partial charge on any atom is -0.370 e. The monoisotopic (exact) mass is 338 g/mol. The fraction of sp³-hybridized carbons (Fsp3) is 0.267. The minimum atomic E-state index is -0.402. The molecule has 1 aromatic carbocycles. The summed E-state index contributed by atoms with van der Waals surface area (Å²) in [6, 6.07) is 11.5. The zero-order valence-electron chi connectivity index (χ0n) is 10.6. The summed E-state index contributed by atoms with van der Waals surface area (Å²) in [5.41, 5.74) is 0.687. The van der Waals surface area contributed by atoms with Crippen LogP contribution in [0.2, 0.25) is 0 Å². The first-order valence-electron chi connectivity index (χ1n) is 6.10. The topological polar surface area (TPSA) is 26.3 Å². The van der Waals surface area contributed by atoms with Crippen LogP contribution in [0.5, 0.6) is 0 Å². The second kappa shape index (κ2) is 6.98. The number of ether oxygens (including phenoxy) is 1. The maximum absolute atomic E-state index is 12.1. The van der Waals surface area contributed by atoms with Gasteiger partial charge in [-0.2, -0.15) is 0 Å². The van der Waals surface area contributed by atoms with Crippen molar-refractivity contribution in [3.8, 4) is 0 Å². The summed E-state index contributed by atoms with van der Waals surface area (Å²) in [5, 5.41) is 2.05. The molecule has 100 valence electrons. The molecule has 0 aliphatic rings. The van der Waals surface area contributed by atoms with Crippen LogP contribution in [0.25, 0.3) is 0 Å². The molecular formula is C15H15BrO2S. The standard InChI is InChI=1S/C15H15BrO2S/c1-11(18-9-8-14-3-2-10-19-14)15(17)12-4-6-13(16)7-5-12/h2-7,10-11H,8-9H2,1H3. The molecule has 0 fully saturated rings. The smallest absolute Gasteiger partial charge is 0.191 e. The fourth-order valence-electron chi connectivity index (χ4n) is 1.72. The molecule has 0 saturated heterocycles.